The molecule has 0 saturated carbocycles. The van der Waals surface area contributed by atoms with Crippen LogP contribution in [0.4, 0.5) is 5.00 Å². The van der Waals surface area contributed by atoms with E-state index in [1.54, 1.807) is 6.92 Å². The lowest BCUT2D eigenvalue weighted by molar-refractivity contribution is -0.115. The van der Waals surface area contributed by atoms with Gasteiger partial charge in [0.15, 0.2) is 0 Å². The summed E-state index contributed by atoms with van der Waals surface area (Å²) >= 11 is 1.54. The topological polar surface area (TPSA) is 55.4 Å². The molecule has 1 heterocycles. The van der Waals surface area contributed by atoms with Crippen LogP contribution in [0.15, 0.2) is 0 Å². The number of thiophene rings is 1. The first-order valence-electron chi connectivity index (χ1n) is 7.80. The van der Waals surface area contributed by atoms with Crippen LogP contribution in [0.1, 0.15) is 61.3 Å². The van der Waals surface area contributed by atoms with Crippen molar-refractivity contribution in [2.24, 2.45) is 11.3 Å². The van der Waals surface area contributed by atoms with Crippen LogP contribution in [0, 0.1) is 11.3 Å². The van der Waals surface area contributed by atoms with Gasteiger partial charge in [-0.25, -0.2) is 4.79 Å². The second-order valence-electron chi connectivity index (χ2n) is 6.91. The molecule has 1 N–H and O–H groups in total. The fourth-order valence-corrected chi connectivity index (χ4v) is 4.28. The van der Waals surface area contributed by atoms with Gasteiger partial charge in [0.05, 0.1) is 12.7 Å². The zero-order valence-electron chi connectivity index (χ0n) is 14.0. The van der Waals surface area contributed by atoms with E-state index in [4.69, 9.17) is 4.74 Å². The number of anilines is 1. The molecule has 1 aliphatic carbocycles. The minimum absolute atomic E-state index is 0.0730. The first-order valence-corrected chi connectivity index (χ1v) is 8.62. The molecule has 1 atom stereocenters. The maximum Gasteiger partial charge on any atom is 0.341 e. The number of carbonyl (C=O) groups excluding carboxylic acids is 2. The summed E-state index contributed by atoms with van der Waals surface area (Å²) in [5.74, 6) is 0.174. The van der Waals surface area contributed by atoms with E-state index in [1.165, 1.54) is 23.3 Å². The van der Waals surface area contributed by atoms with Crippen molar-refractivity contribution in [3.05, 3.63) is 16.0 Å². The van der Waals surface area contributed by atoms with Gasteiger partial charge in [0.2, 0.25) is 5.91 Å². The lowest BCUT2D eigenvalue weighted by Gasteiger charge is -2.33. The Labute approximate surface area is 136 Å². The van der Waals surface area contributed by atoms with E-state index < -0.39 is 0 Å². The summed E-state index contributed by atoms with van der Waals surface area (Å²) in [5.41, 5.74) is 1.89. The summed E-state index contributed by atoms with van der Waals surface area (Å²) in [4.78, 5) is 25.1. The maximum absolute atomic E-state index is 12.1. The molecule has 122 valence electrons. The Morgan fingerprint density at radius 3 is 2.59 bits per heavy atom. The fourth-order valence-electron chi connectivity index (χ4n) is 2.95. The molecule has 0 fully saturated rings. The lowest BCUT2D eigenvalue weighted by Crippen LogP contribution is -2.26. The van der Waals surface area contributed by atoms with Crippen molar-refractivity contribution in [1.29, 1.82) is 0 Å². The van der Waals surface area contributed by atoms with Crippen LogP contribution >= 0.6 is 11.3 Å². The van der Waals surface area contributed by atoms with Gasteiger partial charge in [-0.05, 0) is 36.2 Å². The van der Waals surface area contributed by atoms with Crippen molar-refractivity contribution in [1.82, 2.24) is 0 Å². The summed E-state index contributed by atoms with van der Waals surface area (Å²) in [6.07, 6.45) is 3.31. The predicted molar refractivity (Wildman–Crippen MR) is 89.5 cm³/mol. The minimum atomic E-state index is -0.349. The molecule has 0 spiro atoms. The SMILES string of the molecule is CCC(=O)Nc1sc2c(c1C(=O)OC)CCC(C(C)(C)C)C2. The van der Waals surface area contributed by atoms with Gasteiger partial charge in [0.25, 0.3) is 0 Å². The van der Waals surface area contributed by atoms with Crippen molar-refractivity contribution in [2.45, 2.75) is 53.4 Å². The molecule has 1 amide bonds. The van der Waals surface area contributed by atoms with E-state index >= 15 is 0 Å². The third kappa shape index (κ3) is 3.35. The Kier molecular flexibility index (Phi) is 4.95. The quantitative estimate of drug-likeness (QED) is 0.854. The van der Waals surface area contributed by atoms with Crippen LogP contribution in [0.2, 0.25) is 0 Å². The van der Waals surface area contributed by atoms with Crippen molar-refractivity contribution >= 4 is 28.2 Å². The number of amides is 1. The van der Waals surface area contributed by atoms with Crippen molar-refractivity contribution in [3.8, 4) is 0 Å². The van der Waals surface area contributed by atoms with E-state index in [2.05, 4.69) is 26.1 Å². The van der Waals surface area contributed by atoms with Gasteiger partial charge < -0.3 is 10.1 Å². The maximum atomic E-state index is 12.1. The summed E-state index contributed by atoms with van der Waals surface area (Å²) in [7, 11) is 1.39. The van der Waals surface area contributed by atoms with Gasteiger partial charge in [-0.3, -0.25) is 4.79 Å². The fraction of sp³-hybridized carbons (Fsp3) is 0.647. The Hall–Kier alpha value is -1.36. The predicted octanol–water partition coefficient (Wildman–Crippen LogP) is 4.03. The summed E-state index contributed by atoms with van der Waals surface area (Å²) in [6, 6.07) is 0. The van der Waals surface area contributed by atoms with Crippen molar-refractivity contribution in [2.75, 3.05) is 12.4 Å². The number of ether oxygens (including phenoxy) is 1. The molecule has 1 aromatic heterocycles. The third-order valence-electron chi connectivity index (χ3n) is 4.45. The minimum Gasteiger partial charge on any atom is -0.465 e. The van der Waals surface area contributed by atoms with Gasteiger partial charge in [0, 0.05) is 11.3 Å². The molecule has 1 aliphatic rings. The van der Waals surface area contributed by atoms with E-state index in [9.17, 15) is 9.59 Å². The van der Waals surface area contributed by atoms with Crippen LogP contribution in [0.25, 0.3) is 0 Å². The van der Waals surface area contributed by atoms with Crippen LogP contribution in [0.5, 0.6) is 0 Å². The molecule has 1 unspecified atom stereocenters. The molecule has 5 heteroatoms. The average molecular weight is 323 g/mol. The van der Waals surface area contributed by atoms with Crippen molar-refractivity contribution in [3.63, 3.8) is 0 Å². The molecule has 4 nitrogen and oxygen atoms in total. The monoisotopic (exact) mass is 323 g/mol. The molecule has 0 radical (unpaired) electrons. The van der Waals surface area contributed by atoms with Crippen LogP contribution in [-0.4, -0.2) is 19.0 Å². The van der Waals surface area contributed by atoms with E-state index in [1.807, 2.05) is 0 Å². The molecule has 0 aromatic carbocycles. The van der Waals surface area contributed by atoms with Gasteiger partial charge >= 0.3 is 5.97 Å². The average Bonchev–Trinajstić information content (AvgIpc) is 2.82. The number of hydrogen-bond acceptors (Lipinski definition) is 4. The van der Waals surface area contributed by atoms with E-state index in [0.717, 1.165) is 24.8 Å². The first-order chi connectivity index (χ1) is 10.3. The largest absolute Gasteiger partial charge is 0.465 e. The molecule has 0 saturated heterocycles. The van der Waals surface area contributed by atoms with Crippen LogP contribution in [0.3, 0.4) is 0 Å². The highest BCUT2D eigenvalue weighted by Crippen LogP contribution is 2.44. The highest BCUT2D eigenvalue weighted by molar-refractivity contribution is 7.17. The zero-order valence-corrected chi connectivity index (χ0v) is 14.9. The first kappa shape index (κ1) is 17.0. The zero-order chi connectivity index (χ0) is 16.5. The van der Waals surface area contributed by atoms with Crippen LogP contribution in [-0.2, 0) is 22.4 Å². The highest BCUT2D eigenvalue weighted by atomic mass is 32.1. The normalized spacial score (nSPS) is 17.8. The molecule has 0 bridgehead atoms. The molecular formula is C17H25NO3S. The summed E-state index contributed by atoms with van der Waals surface area (Å²) in [6.45, 7) is 8.59. The number of carbonyl (C=O) groups is 2. The van der Waals surface area contributed by atoms with Gasteiger partial charge in [-0.2, -0.15) is 0 Å². The smallest absolute Gasteiger partial charge is 0.341 e. The van der Waals surface area contributed by atoms with Gasteiger partial charge in [-0.1, -0.05) is 27.7 Å². The number of nitrogens with one attached hydrogen (secondary N) is 1. The lowest BCUT2D eigenvalue weighted by atomic mass is 9.72. The third-order valence-corrected chi connectivity index (χ3v) is 5.62. The number of fused-ring (bicyclic) bond motifs is 1. The molecule has 1 aromatic rings. The Morgan fingerprint density at radius 1 is 1.36 bits per heavy atom. The standard InChI is InChI=1S/C17H25NO3S/c1-6-13(19)18-15-14(16(20)21-5)11-8-7-10(17(2,3)4)9-12(11)22-15/h10H,6-9H2,1-5H3,(H,18,19). The number of hydrogen-bond donors (Lipinski definition) is 1. The van der Waals surface area contributed by atoms with E-state index in [-0.39, 0.29) is 17.3 Å². The second kappa shape index (κ2) is 6.41. The Balaban J connectivity index is 2.39. The molecule has 22 heavy (non-hydrogen) atoms. The number of esters is 1. The number of rotatable bonds is 3. The van der Waals surface area contributed by atoms with Crippen LogP contribution < -0.4 is 5.32 Å². The molecular weight excluding hydrogens is 298 g/mol. The molecule has 2 rings (SSSR count). The van der Waals surface area contributed by atoms with Crippen molar-refractivity contribution < 1.29 is 14.3 Å². The second-order valence-corrected chi connectivity index (χ2v) is 8.01. The molecule has 0 aliphatic heterocycles. The summed E-state index contributed by atoms with van der Waals surface area (Å²) in [5, 5.41) is 3.52. The summed E-state index contributed by atoms with van der Waals surface area (Å²) < 4.78 is 4.93. The Bertz CT molecular complexity index is 583. The van der Waals surface area contributed by atoms with E-state index in [0.29, 0.717) is 22.9 Å². The van der Waals surface area contributed by atoms with Gasteiger partial charge in [-0.15, -0.1) is 11.3 Å². The number of methoxy groups -OCH3 is 1. The highest BCUT2D eigenvalue weighted by Gasteiger charge is 2.34. The Morgan fingerprint density at radius 2 is 2.05 bits per heavy atom. The van der Waals surface area contributed by atoms with Gasteiger partial charge in [0.1, 0.15) is 5.00 Å².